The molecule has 0 radical (unpaired) electrons. The third-order valence-corrected chi connectivity index (χ3v) is 3.35. The van der Waals surface area contributed by atoms with Crippen molar-refractivity contribution in [3.63, 3.8) is 0 Å². The molecule has 19 heavy (non-hydrogen) atoms. The van der Waals surface area contributed by atoms with Crippen LogP contribution in [-0.2, 0) is 6.42 Å². The van der Waals surface area contributed by atoms with Gasteiger partial charge in [-0.25, -0.2) is 0 Å². The highest BCUT2D eigenvalue weighted by Crippen LogP contribution is 2.26. The quantitative estimate of drug-likeness (QED) is 0.752. The third kappa shape index (κ3) is 3.47. The summed E-state index contributed by atoms with van der Waals surface area (Å²) in [5, 5.41) is 10.8. The minimum absolute atomic E-state index is 0.480. The minimum atomic E-state index is -0.705. The Morgan fingerprint density at radius 3 is 2.47 bits per heavy atom. The van der Waals surface area contributed by atoms with Gasteiger partial charge in [-0.3, -0.25) is 0 Å². The van der Waals surface area contributed by atoms with Crippen LogP contribution in [0.2, 0.25) is 5.02 Å². The van der Waals surface area contributed by atoms with Crippen molar-refractivity contribution in [3.05, 3.63) is 64.7 Å². The van der Waals surface area contributed by atoms with E-state index < -0.39 is 12.1 Å². The zero-order valence-electron chi connectivity index (χ0n) is 10.5. The van der Waals surface area contributed by atoms with E-state index >= 15 is 0 Å². The number of anilines is 1. The minimum Gasteiger partial charge on any atom is -0.398 e. The number of rotatable bonds is 4. The summed E-state index contributed by atoms with van der Waals surface area (Å²) < 4.78 is 0. The molecular weight excluding hydrogens is 260 g/mol. The summed E-state index contributed by atoms with van der Waals surface area (Å²) in [5.74, 6) is 0. The summed E-state index contributed by atoms with van der Waals surface area (Å²) in [7, 11) is 0. The van der Waals surface area contributed by atoms with Crippen molar-refractivity contribution >= 4 is 17.3 Å². The van der Waals surface area contributed by atoms with E-state index in [1.165, 1.54) is 0 Å². The van der Waals surface area contributed by atoms with E-state index in [1.54, 1.807) is 18.2 Å². The molecule has 3 nitrogen and oxygen atoms in total. The van der Waals surface area contributed by atoms with Crippen LogP contribution in [0, 0.1) is 0 Å². The Kier molecular flexibility index (Phi) is 4.43. The van der Waals surface area contributed by atoms with Gasteiger partial charge >= 0.3 is 0 Å². The average Bonchev–Trinajstić information content (AvgIpc) is 2.42. The second kappa shape index (κ2) is 6.06. The molecule has 2 aromatic carbocycles. The van der Waals surface area contributed by atoms with Crippen molar-refractivity contribution in [1.29, 1.82) is 0 Å². The number of nitrogens with two attached hydrogens (primary N) is 2. The molecule has 2 atom stereocenters. The van der Waals surface area contributed by atoms with Crippen molar-refractivity contribution in [2.45, 2.75) is 18.6 Å². The lowest BCUT2D eigenvalue weighted by atomic mass is 9.96. The van der Waals surface area contributed by atoms with Gasteiger partial charge in [0.15, 0.2) is 0 Å². The van der Waals surface area contributed by atoms with Gasteiger partial charge in [0.05, 0.1) is 12.1 Å². The molecule has 0 unspecified atom stereocenters. The number of hydrogen-bond acceptors (Lipinski definition) is 3. The molecule has 0 aromatic heterocycles. The molecule has 2 aromatic rings. The fourth-order valence-corrected chi connectivity index (χ4v) is 2.20. The number of halogens is 1. The van der Waals surface area contributed by atoms with Crippen molar-refractivity contribution in [3.8, 4) is 0 Å². The monoisotopic (exact) mass is 276 g/mol. The van der Waals surface area contributed by atoms with Crippen LogP contribution in [0.1, 0.15) is 17.2 Å². The maximum atomic E-state index is 10.2. The number of benzene rings is 2. The predicted octanol–water partition coefficient (Wildman–Crippen LogP) is 2.53. The molecule has 0 saturated heterocycles. The Bertz CT molecular complexity index is 545. The van der Waals surface area contributed by atoms with Gasteiger partial charge in [0, 0.05) is 17.1 Å². The van der Waals surface area contributed by atoms with Gasteiger partial charge in [-0.1, -0.05) is 41.9 Å². The highest BCUT2D eigenvalue weighted by molar-refractivity contribution is 6.30. The molecule has 0 aliphatic heterocycles. The molecule has 0 fully saturated rings. The first-order valence-corrected chi connectivity index (χ1v) is 6.48. The van der Waals surface area contributed by atoms with E-state index in [0.29, 0.717) is 22.7 Å². The predicted molar refractivity (Wildman–Crippen MR) is 78.9 cm³/mol. The highest BCUT2D eigenvalue weighted by atomic mass is 35.5. The molecule has 0 aliphatic carbocycles. The number of hydrogen-bond donors (Lipinski definition) is 3. The van der Waals surface area contributed by atoms with E-state index in [1.807, 2.05) is 30.3 Å². The molecule has 0 spiro atoms. The first-order chi connectivity index (χ1) is 9.08. The largest absolute Gasteiger partial charge is 0.398 e. The van der Waals surface area contributed by atoms with Crippen LogP contribution in [-0.4, -0.2) is 11.2 Å². The Morgan fingerprint density at radius 1 is 1.11 bits per heavy atom. The number of aliphatic hydroxyl groups is 1. The van der Waals surface area contributed by atoms with E-state index in [9.17, 15) is 5.11 Å². The second-order valence-electron chi connectivity index (χ2n) is 4.56. The maximum Gasteiger partial charge on any atom is 0.0773 e. The number of nitrogen functional groups attached to an aromatic ring is 1. The molecule has 100 valence electrons. The van der Waals surface area contributed by atoms with Crippen LogP contribution in [0.25, 0.3) is 0 Å². The fourth-order valence-electron chi connectivity index (χ4n) is 2.02. The molecule has 0 amide bonds. The number of aliphatic hydroxyl groups excluding tert-OH is 1. The summed E-state index contributed by atoms with van der Waals surface area (Å²) in [6, 6.07) is 14.3. The summed E-state index contributed by atoms with van der Waals surface area (Å²) in [6.45, 7) is 0. The van der Waals surface area contributed by atoms with Gasteiger partial charge in [0.25, 0.3) is 0 Å². The Morgan fingerprint density at radius 2 is 1.79 bits per heavy atom. The third-order valence-electron chi connectivity index (χ3n) is 3.11. The Hall–Kier alpha value is -1.55. The van der Waals surface area contributed by atoms with Crippen LogP contribution >= 0.6 is 11.6 Å². The van der Waals surface area contributed by atoms with Gasteiger partial charge in [-0.15, -0.1) is 0 Å². The Balaban J connectivity index is 2.14. The summed E-state index contributed by atoms with van der Waals surface area (Å²) in [4.78, 5) is 0. The van der Waals surface area contributed by atoms with Crippen molar-refractivity contribution < 1.29 is 5.11 Å². The first-order valence-electron chi connectivity index (χ1n) is 6.10. The van der Waals surface area contributed by atoms with Gasteiger partial charge in [0.2, 0.25) is 0 Å². The van der Waals surface area contributed by atoms with Gasteiger partial charge < -0.3 is 16.6 Å². The van der Waals surface area contributed by atoms with E-state index in [2.05, 4.69) is 0 Å². The summed E-state index contributed by atoms with van der Waals surface area (Å²) >= 11 is 5.93. The van der Waals surface area contributed by atoms with E-state index in [0.717, 1.165) is 5.56 Å². The van der Waals surface area contributed by atoms with Crippen molar-refractivity contribution in [1.82, 2.24) is 0 Å². The van der Waals surface area contributed by atoms with Crippen LogP contribution in [0.15, 0.2) is 48.5 Å². The SMILES string of the molecule is Nc1ccc(Cl)cc1[C@H](N)[C@H](O)Cc1ccccc1. The normalized spacial score (nSPS) is 14.1. The highest BCUT2D eigenvalue weighted by Gasteiger charge is 2.19. The maximum absolute atomic E-state index is 10.2. The lowest BCUT2D eigenvalue weighted by Gasteiger charge is -2.21. The standard InChI is InChI=1S/C15H17ClN2O/c16-11-6-7-13(17)12(9-11)15(18)14(19)8-10-4-2-1-3-5-10/h1-7,9,14-15,19H,8,17-18H2/t14-,15+/m1/s1. The lowest BCUT2D eigenvalue weighted by molar-refractivity contribution is 0.145. The molecule has 0 heterocycles. The van der Waals surface area contributed by atoms with Gasteiger partial charge in [-0.2, -0.15) is 0 Å². The fraction of sp³-hybridized carbons (Fsp3) is 0.200. The Labute approximate surface area is 117 Å². The van der Waals surface area contributed by atoms with Crippen LogP contribution in [0.4, 0.5) is 5.69 Å². The van der Waals surface area contributed by atoms with Gasteiger partial charge in [-0.05, 0) is 29.3 Å². The zero-order valence-corrected chi connectivity index (χ0v) is 11.2. The van der Waals surface area contributed by atoms with Crippen molar-refractivity contribution in [2.75, 3.05) is 5.73 Å². The average molecular weight is 277 g/mol. The topological polar surface area (TPSA) is 72.3 Å². The molecule has 5 N–H and O–H groups in total. The zero-order chi connectivity index (χ0) is 13.8. The first kappa shape index (κ1) is 13.9. The molecule has 0 saturated carbocycles. The lowest BCUT2D eigenvalue weighted by Crippen LogP contribution is -2.28. The molecule has 4 heteroatoms. The molecule has 0 aliphatic rings. The summed E-state index contributed by atoms with van der Waals surface area (Å²) in [6.07, 6.45) is -0.225. The van der Waals surface area contributed by atoms with Crippen LogP contribution in [0.3, 0.4) is 0 Å². The molecule has 0 bridgehead atoms. The summed E-state index contributed by atoms with van der Waals surface area (Å²) in [5.41, 5.74) is 14.2. The van der Waals surface area contributed by atoms with Crippen LogP contribution in [0.5, 0.6) is 0 Å². The smallest absolute Gasteiger partial charge is 0.0773 e. The van der Waals surface area contributed by atoms with Crippen LogP contribution < -0.4 is 11.5 Å². The van der Waals surface area contributed by atoms with Crippen molar-refractivity contribution in [2.24, 2.45) is 5.73 Å². The molecular formula is C15H17ClN2O. The second-order valence-corrected chi connectivity index (χ2v) is 4.99. The van der Waals surface area contributed by atoms with Gasteiger partial charge in [0.1, 0.15) is 0 Å². The molecule has 2 rings (SSSR count). The van der Waals surface area contributed by atoms with E-state index in [-0.39, 0.29) is 0 Å². The van der Waals surface area contributed by atoms with E-state index in [4.69, 9.17) is 23.1 Å².